The Balaban J connectivity index is 2.00. The van der Waals surface area contributed by atoms with E-state index in [-0.39, 0.29) is 17.7 Å². The van der Waals surface area contributed by atoms with E-state index in [1.165, 1.54) is 0 Å². The number of rotatable bonds is 5. The lowest BCUT2D eigenvalue weighted by Crippen LogP contribution is -2.40. The van der Waals surface area contributed by atoms with Crippen molar-refractivity contribution < 1.29 is 9.59 Å². The van der Waals surface area contributed by atoms with Crippen LogP contribution in [0, 0.1) is 5.92 Å². The van der Waals surface area contributed by atoms with Crippen LogP contribution in [0.2, 0.25) is 0 Å². The van der Waals surface area contributed by atoms with Crippen molar-refractivity contribution in [2.24, 2.45) is 16.8 Å². The van der Waals surface area contributed by atoms with E-state index in [0.29, 0.717) is 18.5 Å². The van der Waals surface area contributed by atoms with Crippen molar-refractivity contribution in [2.45, 2.75) is 39.2 Å². The molecule has 2 unspecified atom stereocenters. The van der Waals surface area contributed by atoms with E-state index in [0.717, 1.165) is 17.7 Å². The molecule has 0 saturated carbocycles. The molecule has 6 heteroatoms. The zero-order valence-corrected chi connectivity index (χ0v) is 12.9. The summed E-state index contributed by atoms with van der Waals surface area (Å²) < 4.78 is 0. The molecule has 2 atom stereocenters. The van der Waals surface area contributed by atoms with Crippen molar-refractivity contribution in [2.75, 3.05) is 5.32 Å². The van der Waals surface area contributed by atoms with Crippen LogP contribution >= 0.6 is 0 Å². The van der Waals surface area contributed by atoms with Crippen LogP contribution in [0.15, 0.2) is 29.4 Å². The Morgan fingerprint density at radius 3 is 2.59 bits per heavy atom. The molecule has 1 heterocycles. The molecule has 0 spiro atoms. The fourth-order valence-electron chi connectivity index (χ4n) is 2.17. The normalized spacial score (nSPS) is 17.2. The van der Waals surface area contributed by atoms with E-state index in [9.17, 15) is 9.59 Å². The van der Waals surface area contributed by atoms with Crippen molar-refractivity contribution in [3.05, 3.63) is 29.8 Å². The summed E-state index contributed by atoms with van der Waals surface area (Å²) in [7, 11) is 0. The zero-order valence-electron chi connectivity index (χ0n) is 12.9. The third-order valence-corrected chi connectivity index (χ3v) is 3.95. The third-order valence-electron chi connectivity index (χ3n) is 3.95. The lowest BCUT2D eigenvalue weighted by atomic mass is 9.99. The van der Waals surface area contributed by atoms with Crippen molar-refractivity contribution in [3.8, 4) is 0 Å². The quantitative estimate of drug-likeness (QED) is 0.771. The van der Waals surface area contributed by atoms with Crippen molar-refractivity contribution in [1.29, 1.82) is 0 Å². The van der Waals surface area contributed by atoms with E-state index >= 15 is 0 Å². The molecule has 2 rings (SSSR count). The average Bonchev–Trinajstić information content (AvgIpc) is 2.55. The van der Waals surface area contributed by atoms with Crippen LogP contribution in [-0.4, -0.2) is 23.6 Å². The molecule has 1 aliphatic rings. The van der Waals surface area contributed by atoms with Gasteiger partial charge in [0.25, 0.3) is 0 Å². The molecule has 1 aromatic rings. The minimum atomic E-state index is -0.511. The van der Waals surface area contributed by atoms with Crippen molar-refractivity contribution in [3.63, 3.8) is 0 Å². The van der Waals surface area contributed by atoms with Crippen LogP contribution in [0.25, 0.3) is 0 Å². The van der Waals surface area contributed by atoms with E-state index in [2.05, 4.69) is 15.8 Å². The SMILES string of the molecule is CCC(C)C(N)C(=O)Nc1ccc(C2=NNC(=O)CC2)cc1. The monoisotopic (exact) mass is 302 g/mol. The standard InChI is InChI=1S/C16H22N4O2/c1-3-10(2)15(17)16(22)18-12-6-4-11(5-7-12)13-8-9-14(21)20-19-13/h4-7,10,15H,3,8-9,17H2,1-2H3,(H,18,22)(H,20,21). The van der Waals surface area contributed by atoms with Crippen LogP contribution in [0.3, 0.4) is 0 Å². The molecule has 2 amide bonds. The molecule has 0 bridgehead atoms. The van der Waals surface area contributed by atoms with E-state index in [4.69, 9.17) is 5.73 Å². The van der Waals surface area contributed by atoms with Gasteiger partial charge in [0.1, 0.15) is 0 Å². The Morgan fingerprint density at radius 1 is 1.36 bits per heavy atom. The molecule has 6 nitrogen and oxygen atoms in total. The Morgan fingerprint density at radius 2 is 2.05 bits per heavy atom. The fourth-order valence-corrected chi connectivity index (χ4v) is 2.17. The molecule has 0 saturated heterocycles. The van der Waals surface area contributed by atoms with Gasteiger partial charge in [0.15, 0.2) is 0 Å². The topological polar surface area (TPSA) is 96.6 Å². The maximum Gasteiger partial charge on any atom is 0.241 e. The zero-order chi connectivity index (χ0) is 16.1. The number of hydrazone groups is 1. The molecule has 118 valence electrons. The fraction of sp³-hybridized carbons (Fsp3) is 0.438. The Bertz CT molecular complexity index is 580. The van der Waals surface area contributed by atoms with Gasteiger partial charge in [-0.25, -0.2) is 5.43 Å². The molecule has 4 N–H and O–H groups in total. The van der Waals surface area contributed by atoms with Crippen LogP contribution in [0.5, 0.6) is 0 Å². The number of hydrogen-bond acceptors (Lipinski definition) is 4. The highest BCUT2D eigenvalue weighted by Crippen LogP contribution is 2.15. The summed E-state index contributed by atoms with van der Waals surface area (Å²) in [4.78, 5) is 23.1. The summed E-state index contributed by atoms with van der Waals surface area (Å²) in [5.74, 6) is -0.101. The number of carbonyl (C=O) groups excluding carboxylic acids is 2. The molecule has 0 fully saturated rings. The summed E-state index contributed by atoms with van der Waals surface area (Å²) in [6.07, 6.45) is 1.93. The summed E-state index contributed by atoms with van der Waals surface area (Å²) in [5.41, 5.74) is 10.9. The maximum atomic E-state index is 12.0. The molecule has 22 heavy (non-hydrogen) atoms. The number of nitrogens with two attached hydrogens (primary N) is 1. The second-order valence-electron chi connectivity index (χ2n) is 5.57. The van der Waals surface area contributed by atoms with Gasteiger partial charge in [-0.15, -0.1) is 0 Å². The second-order valence-corrected chi connectivity index (χ2v) is 5.57. The predicted molar refractivity (Wildman–Crippen MR) is 86.4 cm³/mol. The summed E-state index contributed by atoms with van der Waals surface area (Å²) in [6, 6.07) is 6.87. The van der Waals surface area contributed by atoms with Crippen LogP contribution in [0.1, 0.15) is 38.7 Å². The van der Waals surface area contributed by atoms with Gasteiger partial charge in [0, 0.05) is 18.5 Å². The summed E-state index contributed by atoms with van der Waals surface area (Å²) >= 11 is 0. The first kappa shape index (κ1) is 16.2. The molecule has 0 aliphatic carbocycles. The highest BCUT2D eigenvalue weighted by atomic mass is 16.2. The number of amides is 2. The van der Waals surface area contributed by atoms with E-state index < -0.39 is 6.04 Å². The second kappa shape index (κ2) is 7.17. The Hall–Kier alpha value is -2.21. The Labute approximate surface area is 130 Å². The van der Waals surface area contributed by atoms with Gasteiger partial charge in [0.05, 0.1) is 11.8 Å². The molecule has 1 aliphatic heterocycles. The number of nitrogens with zero attached hydrogens (tertiary/aromatic N) is 1. The van der Waals surface area contributed by atoms with E-state index in [1.54, 1.807) is 0 Å². The van der Waals surface area contributed by atoms with Gasteiger partial charge in [0.2, 0.25) is 11.8 Å². The maximum absolute atomic E-state index is 12.0. The van der Waals surface area contributed by atoms with Gasteiger partial charge in [-0.2, -0.15) is 5.10 Å². The molecular formula is C16H22N4O2. The minimum absolute atomic E-state index is 0.0633. The first-order valence-electron chi connectivity index (χ1n) is 7.53. The first-order valence-corrected chi connectivity index (χ1v) is 7.53. The molecule has 0 radical (unpaired) electrons. The number of carbonyl (C=O) groups is 2. The minimum Gasteiger partial charge on any atom is -0.325 e. The first-order chi connectivity index (χ1) is 10.5. The largest absolute Gasteiger partial charge is 0.325 e. The van der Waals surface area contributed by atoms with Gasteiger partial charge in [-0.3, -0.25) is 9.59 Å². The Kier molecular flexibility index (Phi) is 5.27. The average molecular weight is 302 g/mol. The van der Waals surface area contributed by atoms with Gasteiger partial charge < -0.3 is 11.1 Å². The lowest BCUT2D eigenvalue weighted by Gasteiger charge is -2.18. The smallest absolute Gasteiger partial charge is 0.241 e. The number of benzene rings is 1. The van der Waals surface area contributed by atoms with Gasteiger partial charge >= 0.3 is 0 Å². The summed E-state index contributed by atoms with van der Waals surface area (Å²) in [6.45, 7) is 3.97. The number of nitrogens with one attached hydrogen (secondary N) is 2. The predicted octanol–water partition coefficient (Wildman–Crippen LogP) is 1.61. The molecular weight excluding hydrogens is 280 g/mol. The highest BCUT2D eigenvalue weighted by Gasteiger charge is 2.19. The number of anilines is 1. The summed E-state index contributed by atoms with van der Waals surface area (Å²) in [5, 5.41) is 6.86. The number of hydrogen-bond donors (Lipinski definition) is 3. The van der Waals surface area contributed by atoms with Crippen LogP contribution < -0.4 is 16.5 Å². The lowest BCUT2D eigenvalue weighted by molar-refractivity contribution is -0.121. The van der Waals surface area contributed by atoms with Crippen molar-refractivity contribution in [1.82, 2.24) is 5.43 Å². The van der Waals surface area contributed by atoms with E-state index in [1.807, 2.05) is 38.1 Å². The molecule has 0 aromatic heterocycles. The van der Waals surface area contributed by atoms with Gasteiger partial charge in [-0.1, -0.05) is 32.4 Å². The highest BCUT2D eigenvalue weighted by molar-refractivity contribution is 6.04. The van der Waals surface area contributed by atoms with Crippen molar-refractivity contribution >= 4 is 23.2 Å². The van der Waals surface area contributed by atoms with Crippen LogP contribution in [-0.2, 0) is 9.59 Å². The third kappa shape index (κ3) is 3.92. The van der Waals surface area contributed by atoms with Gasteiger partial charge in [-0.05, 0) is 23.6 Å². The van der Waals surface area contributed by atoms with Crippen LogP contribution in [0.4, 0.5) is 5.69 Å². The molecule has 1 aromatic carbocycles.